The zero-order valence-electron chi connectivity index (χ0n) is 13.3. The molecule has 1 aliphatic rings. The molecule has 0 saturated carbocycles. The van der Waals surface area contributed by atoms with E-state index in [1.807, 2.05) is 6.92 Å². The van der Waals surface area contributed by atoms with Crippen molar-refractivity contribution in [3.63, 3.8) is 0 Å². The molecule has 0 unspecified atom stereocenters. The second kappa shape index (κ2) is 7.21. The Labute approximate surface area is 134 Å². The van der Waals surface area contributed by atoms with Crippen molar-refractivity contribution < 1.29 is 17.9 Å². The van der Waals surface area contributed by atoms with Crippen molar-refractivity contribution in [2.75, 3.05) is 26.3 Å². The molecule has 0 aromatic heterocycles. The maximum Gasteiger partial charge on any atom is 0.416 e. The third-order valence-corrected chi connectivity index (χ3v) is 3.60. The largest absolute Gasteiger partial charge is 0.416 e. The highest BCUT2D eigenvalue weighted by molar-refractivity contribution is 5.79. The molecule has 128 valence electrons. The Morgan fingerprint density at radius 1 is 1.30 bits per heavy atom. The average molecular weight is 329 g/mol. The minimum absolute atomic E-state index is 0.0897. The Balaban J connectivity index is 1.99. The van der Waals surface area contributed by atoms with Crippen LogP contribution in [0.4, 0.5) is 13.2 Å². The molecule has 2 rings (SSSR count). The predicted molar refractivity (Wildman–Crippen MR) is 83.2 cm³/mol. The molecule has 0 aliphatic carbocycles. The summed E-state index contributed by atoms with van der Waals surface area (Å²) in [5.41, 5.74) is -0.0376. The molecule has 0 spiro atoms. The third kappa shape index (κ3) is 5.13. The van der Waals surface area contributed by atoms with Gasteiger partial charge in [0.25, 0.3) is 0 Å². The van der Waals surface area contributed by atoms with Crippen LogP contribution in [0.25, 0.3) is 0 Å². The Morgan fingerprint density at radius 2 is 2.04 bits per heavy atom. The standard InChI is InChI=1S/C16H22F3N3O/c1-3-20-14(22-9-15(2)10-23-11-15)21-8-12-5-4-6-13(7-12)16(17,18)19/h4-7H,3,8-11H2,1-2H3,(H2,20,21,22). The van der Waals surface area contributed by atoms with Gasteiger partial charge in [0, 0.05) is 18.5 Å². The fourth-order valence-electron chi connectivity index (χ4n) is 2.21. The number of alkyl halides is 3. The van der Waals surface area contributed by atoms with E-state index in [-0.39, 0.29) is 12.0 Å². The van der Waals surface area contributed by atoms with Gasteiger partial charge >= 0.3 is 6.18 Å². The summed E-state index contributed by atoms with van der Waals surface area (Å²) < 4.78 is 43.3. The molecule has 2 N–H and O–H groups in total. The molecule has 1 fully saturated rings. The van der Waals surface area contributed by atoms with Gasteiger partial charge in [0.2, 0.25) is 0 Å². The van der Waals surface area contributed by atoms with Crippen LogP contribution in [0.3, 0.4) is 0 Å². The van der Waals surface area contributed by atoms with Crippen molar-refractivity contribution >= 4 is 5.96 Å². The van der Waals surface area contributed by atoms with Gasteiger partial charge in [-0.15, -0.1) is 0 Å². The Morgan fingerprint density at radius 3 is 2.61 bits per heavy atom. The van der Waals surface area contributed by atoms with Crippen LogP contribution in [0.2, 0.25) is 0 Å². The van der Waals surface area contributed by atoms with Crippen LogP contribution in [0, 0.1) is 5.41 Å². The van der Waals surface area contributed by atoms with Crippen LogP contribution in [0.5, 0.6) is 0 Å². The molecule has 0 atom stereocenters. The summed E-state index contributed by atoms with van der Waals surface area (Å²) in [6.07, 6.45) is -4.33. The lowest BCUT2D eigenvalue weighted by Gasteiger charge is -2.38. The molecule has 4 nitrogen and oxygen atoms in total. The first-order valence-electron chi connectivity index (χ1n) is 7.58. The summed E-state index contributed by atoms with van der Waals surface area (Å²) >= 11 is 0. The van der Waals surface area contributed by atoms with Crippen LogP contribution in [-0.4, -0.2) is 32.3 Å². The summed E-state index contributed by atoms with van der Waals surface area (Å²) in [6.45, 7) is 7.03. The van der Waals surface area contributed by atoms with Crippen molar-refractivity contribution in [2.24, 2.45) is 10.4 Å². The summed E-state index contributed by atoms with van der Waals surface area (Å²) in [7, 11) is 0. The second-order valence-corrected chi connectivity index (χ2v) is 6.05. The average Bonchev–Trinajstić information content (AvgIpc) is 2.47. The topological polar surface area (TPSA) is 45.7 Å². The number of ether oxygens (including phenoxy) is 1. The quantitative estimate of drug-likeness (QED) is 0.645. The molecule has 23 heavy (non-hydrogen) atoms. The van der Waals surface area contributed by atoms with Gasteiger partial charge in [-0.25, -0.2) is 4.99 Å². The lowest BCUT2D eigenvalue weighted by molar-refractivity contribution is -0.137. The van der Waals surface area contributed by atoms with E-state index in [9.17, 15) is 13.2 Å². The number of benzene rings is 1. The van der Waals surface area contributed by atoms with Gasteiger partial charge in [-0.3, -0.25) is 0 Å². The van der Waals surface area contributed by atoms with Crippen LogP contribution < -0.4 is 10.6 Å². The zero-order valence-corrected chi connectivity index (χ0v) is 13.3. The predicted octanol–water partition coefficient (Wildman–Crippen LogP) is 2.80. The van der Waals surface area contributed by atoms with E-state index in [0.29, 0.717) is 37.8 Å². The van der Waals surface area contributed by atoms with Gasteiger partial charge in [-0.05, 0) is 24.6 Å². The second-order valence-electron chi connectivity index (χ2n) is 6.05. The molecule has 0 bridgehead atoms. The zero-order chi connectivity index (χ0) is 16.9. The van der Waals surface area contributed by atoms with Gasteiger partial charge in [0.05, 0.1) is 25.3 Å². The van der Waals surface area contributed by atoms with Crippen LogP contribution in [0.1, 0.15) is 25.0 Å². The van der Waals surface area contributed by atoms with Crippen LogP contribution >= 0.6 is 0 Å². The van der Waals surface area contributed by atoms with Crippen LogP contribution in [0.15, 0.2) is 29.3 Å². The number of rotatable bonds is 5. The summed E-state index contributed by atoms with van der Waals surface area (Å²) in [4.78, 5) is 4.35. The maximum atomic E-state index is 12.7. The molecule has 1 heterocycles. The van der Waals surface area contributed by atoms with Crippen molar-refractivity contribution in [1.82, 2.24) is 10.6 Å². The highest BCUT2D eigenvalue weighted by Crippen LogP contribution is 2.29. The molecular formula is C16H22F3N3O. The lowest BCUT2D eigenvalue weighted by Crippen LogP contribution is -2.51. The van der Waals surface area contributed by atoms with Gasteiger partial charge in [-0.1, -0.05) is 19.1 Å². The lowest BCUT2D eigenvalue weighted by atomic mass is 9.89. The fourth-order valence-corrected chi connectivity index (χ4v) is 2.21. The molecule has 7 heteroatoms. The van der Waals surface area contributed by atoms with E-state index in [2.05, 4.69) is 22.5 Å². The number of hydrogen-bond acceptors (Lipinski definition) is 2. The van der Waals surface area contributed by atoms with Crippen molar-refractivity contribution in [3.05, 3.63) is 35.4 Å². The molecule has 0 radical (unpaired) electrons. The van der Waals surface area contributed by atoms with E-state index in [1.54, 1.807) is 6.07 Å². The van der Waals surface area contributed by atoms with E-state index < -0.39 is 11.7 Å². The Kier molecular flexibility index (Phi) is 5.51. The van der Waals surface area contributed by atoms with Crippen molar-refractivity contribution in [1.29, 1.82) is 0 Å². The first-order valence-corrected chi connectivity index (χ1v) is 7.58. The maximum absolute atomic E-state index is 12.7. The third-order valence-electron chi connectivity index (χ3n) is 3.60. The first kappa shape index (κ1) is 17.6. The number of guanidine groups is 1. The van der Waals surface area contributed by atoms with E-state index in [0.717, 1.165) is 12.1 Å². The number of aliphatic imine (C=N–C) groups is 1. The van der Waals surface area contributed by atoms with Gasteiger partial charge in [-0.2, -0.15) is 13.2 Å². The highest BCUT2D eigenvalue weighted by atomic mass is 19.4. The monoisotopic (exact) mass is 329 g/mol. The van der Waals surface area contributed by atoms with Crippen molar-refractivity contribution in [2.45, 2.75) is 26.6 Å². The van der Waals surface area contributed by atoms with E-state index in [1.165, 1.54) is 6.07 Å². The highest BCUT2D eigenvalue weighted by Gasteiger charge is 2.33. The summed E-state index contributed by atoms with van der Waals surface area (Å²) in [5, 5.41) is 6.31. The minimum atomic E-state index is -4.33. The van der Waals surface area contributed by atoms with Gasteiger partial charge in [0.15, 0.2) is 5.96 Å². The molecule has 0 amide bonds. The Hall–Kier alpha value is -1.76. The van der Waals surface area contributed by atoms with Crippen molar-refractivity contribution in [3.8, 4) is 0 Å². The molecule has 1 aliphatic heterocycles. The summed E-state index contributed by atoms with van der Waals surface area (Å²) in [6, 6.07) is 5.24. The minimum Gasteiger partial charge on any atom is -0.380 e. The summed E-state index contributed by atoms with van der Waals surface area (Å²) in [5.74, 6) is 0.595. The number of nitrogens with one attached hydrogen (secondary N) is 2. The Bertz CT molecular complexity index is 554. The number of hydrogen-bond donors (Lipinski definition) is 2. The van der Waals surface area contributed by atoms with Gasteiger partial charge < -0.3 is 15.4 Å². The van der Waals surface area contributed by atoms with E-state index >= 15 is 0 Å². The number of halogens is 3. The first-order chi connectivity index (χ1) is 10.8. The smallest absolute Gasteiger partial charge is 0.380 e. The van der Waals surface area contributed by atoms with Crippen LogP contribution in [-0.2, 0) is 17.5 Å². The number of nitrogens with zero attached hydrogens (tertiary/aromatic N) is 1. The fraction of sp³-hybridized carbons (Fsp3) is 0.562. The SMILES string of the molecule is CCNC(=NCc1cccc(C(F)(F)F)c1)NCC1(C)COC1. The van der Waals surface area contributed by atoms with Gasteiger partial charge in [0.1, 0.15) is 0 Å². The van der Waals surface area contributed by atoms with E-state index in [4.69, 9.17) is 4.74 Å². The molecule has 1 saturated heterocycles. The molecule has 1 aromatic rings. The normalized spacial score (nSPS) is 17.5. The molecular weight excluding hydrogens is 307 g/mol. The molecule has 1 aromatic carbocycles.